The number of hydrogen-bond acceptors (Lipinski definition) is 5. The predicted molar refractivity (Wildman–Crippen MR) is 146 cm³/mol. The van der Waals surface area contributed by atoms with Gasteiger partial charge < -0.3 is 24.5 Å². The molecule has 3 aromatic carbocycles. The number of benzene rings is 3. The topological polar surface area (TPSA) is 73.3 Å². The van der Waals surface area contributed by atoms with E-state index in [1.54, 1.807) is 28.0 Å². The molecule has 0 bridgehead atoms. The van der Waals surface area contributed by atoms with Crippen molar-refractivity contribution < 1.29 is 19.4 Å². The van der Waals surface area contributed by atoms with E-state index in [4.69, 9.17) is 16.3 Å². The Balaban J connectivity index is 1.53. The summed E-state index contributed by atoms with van der Waals surface area (Å²) in [6.07, 6.45) is 1.23. The van der Waals surface area contributed by atoms with E-state index >= 15 is 0 Å². The van der Waals surface area contributed by atoms with Gasteiger partial charge in [0, 0.05) is 44.1 Å². The SMILES string of the molecule is C=CC(=O)N1CC(CN2C(=O)C(CCN(C)C)Oc3cc(-c4cc(O)cc5ccccc45)c(Cl)cc32)C1. The number of carbonyl (C=O) groups excluding carboxylic acids is 2. The minimum Gasteiger partial charge on any atom is -0.508 e. The molecular formula is C29H30ClN3O4. The number of hydrogen-bond donors (Lipinski definition) is 1. The summed E-state index contributed by atoms with van der Waals surface area (Å²) < 4.78 is 6.28. The van der Waals surface area contributed by atoms with Crippen molar-refractivity contribution in [2.45, 2.75) is 12.5 Å². The summed E-state index contributed by atoms with van der Waals surface area (Å²) in [5.41, 5.74) is 2.13. The summed E-state index contributed by atoms with van der Waals surface area (Å²) >= 11 is 6.82. The molecular weight excluding hydrogens is 490 g/mol. The van der Waals surface area contributed by atoms with Gasteiger partial charge in [-0.25, -0.2) is 0 Å². The molecule has 7 nitrogen and oxygen atoms in total. The first kappa shape index (κ1) is 25.1. The van der Waals surface area contributed by atoms with Gasteiger partial charge in [0.15, 0.2) is 6.10 Å². The Hall–Kier alpha value is -3.55. The number of fused-ring (bicyclic) bond motifs is 2. The van der Waals surface area contributed by atoms with Crippen LogP contribution >= 0.6 is 11.6 Å². The van der Waals surface area contributed by atoms with E-state index in [1.165, 1.54) is 6.08 Å². The van der Waals surface area contributed by atoms with E-state index in [0.29, 0.717) is 49.1 Å². The zero-order valence-corrected chi connectivity index (χ0v) is 21.7. The Morgan fingerprint density at radius 2 is 1.95 bits per heavy atom. The van der Waals surface area contributed by atoms with Crippen LogP contribution in [0.25, 0.3) is 21.9 Å². The lowest BCUT2D eigenvalue weighted by Crippen LogP contribution is -2.56. The lowest BCUT2D eigenvalue weighted by Gasteiger charge is -2.43. The van der Waals surface area contributed by atoms with E-state index in [0.717, 1.165) is 21.9 Å². The van der Waals surface area contributed by atoms with Crippen molar-refractivity contribution in [1.82, 2.24) is 9.80 Å². The summed E-state index contributed by atoms with van der Waals surface area (Å²) in [5, 5.41) is 12.7. The largest absolute Gasteiger partial charge is 0.508 e. The normalized spacial score (nSPS) is 17.5. The van der Waals surface area contributed by atoms with E-state index < -0.39 is 6.10 Å². The van der Waals surface area contributed by atoms with Gasteiger partial charge >= 0.3 is 0 Å². The van der Waals surface area contributed by atoms with E-state index in [1.807, 2.05) is 49.3 Å². The highest BCUT2D eigenvalue weighted by atomic mass is 35.5. The lowest BCUT2D eigenvalue weighted by atomic mass is 9.95. The van der Waals surface area contributed by atoms with Crippen LogP contribution in [0.5, 0.6) is 11.5 Å². The van der Waals surface area contributed by atoms with Crippen LogP contribution in [-0.2, 0) is 9.59 Å². The highest BCUT2D eigenvalue weighted by Crippen LogP contribution is 2.45. The van der Waals surface area contributed by atoms with Crippen molar-refractivity contribution in [1.29, 1.82) is 0 Å². The molecule has 8 heteroatoms. The number of aromatic hydroxyl groups is 1. The third-order valence-electron chi connectivity index (χ3n) is 7.01. The molecule has 0 spiro atoms. The van der Waals surface area contributed by atoms with Crippen LogP contribution in [0.1, 0.15) is 6.42 Å². The lowest BCUT2D eigenvalue weighted by molar-refractivity contribution is -0.132. The van der Waals surface area contributed by atoms with Crippen molar-refractivity contribution in [2.75, 3.05) is 45.2 Å². The fraction of sp³-hybridized carbons (Fsp3) is 0.310. The minimum absolute atomic E-state index is 0.0974. The molecule has 2 heterocycles. The van der Waals surface area contributed by atoms with Crippen molar-refractivity contribution in [3.63, 3.8) is 0 Å². The molecule has 0 aliphatic carbocycles. The van der Waals surface area contributed by atoms with Gasteiger partial charge in [0.25, 0.3) is 5.91 Å². The van der Waals surface area contributed by atoms with Crippen molar-refractivity contribution in [2.24, 2.45) is 5.92 Å². The summed E-state index contributed by atoms with van der Waals surface area (Å²) in [5.74, 6) is 0.678. The van der Waals surface area contributed by atoms with Crippen LogP contribution < -0.4 is 9.64 Å². The molecule has 1 N–H and O–H groups in total. The Morgan fingerprint density at radius 1 is 1.19 bits per heavy atom. The van der Waals surface area contributed by atoms with Gasteiger partial charge in [-0.05, 0) is 60.8 Å². The Kier molecular flexibility index (Phi) is 6.84. The first-order chi connectivity index (χ1) is 17.7. The van der Waals surface area contributed by atoms with Gasteiger partial charge in [0.05, 0.1) is 10.7 Å². The highest BCUT2D eigenvalue weighted by molar-refractivity contribution is 6.34. The van der Waals surface area contributed by atoms with Gasteiger partial charge in [0.2, 0.25) is 5.91 Å². The standard InChI is InChI=1S/C29H30ClN3O4/c1-4-28(35)32-15-18(16-32)17-33-25-14-24(30)23(13-27(25)37-26(29(33)36)9-10-31(2)3)22-12-20(34)11-19-7-5-6-8-21(19)22/h4-8,11-14,18,26,34H,1,9-10,15-17H2,2-3H3. The Labute approximate surface area is 221 Å². The van der Waals surface area contributed by atoms with Crippen LogP contribution in [0.3, 0.4) is 0 Å². The third-order valence-corrected chi connectivity index (χ3v) is 7.32. The predicted octanol–water partition coefficient (Wildman–Crippen LogP) is 4.56. The number of nitrogens with zero attached hydrogens (tertiary/aromatic N) is 3. The second-order valence-corrected chi connectivity index (χ2v) is 10.4. The zero-order chi connectivity index (χ0) is 26.3. The second-order valence-electron chi connectivity index (χ2n) is 9.97. The van der Waals surface area contributed by atoms with Gasteiger partial charge in [-0.2, -0.15) is 0 Å². The maximum atomic E-state index is 13.5. The molecule has 37 heavy (non-hydrogen) atoms. The Bertz CT molecular complexity index is 1380. The Morgan fingerprint density at radius 3 is 2.68 bits per heavy atom. The summed E-state index contributed by atoms with van der Waals surface area (Å²) in [4.78, 5) is 30.9. The smallest absolute Gasteiger partial charge is 0.268 e. The molecule has 192 valence electrons. The van der Waals surface area contributed by atoms with E-state index in [9.17, 15) is 14.7 Å². The fourth-order valence-corrected chi connectivity index (χ4v) is 5.33. The van der Waals surface area contributed by atoms with Crippen LogP contribution in [-0.4, -0.2) is 73.1 Å². The van der Waals surface area contributed by atoms with Gasteiger partial charge in [-0.1, -0.05) is 42.4 Å². The van der Waals surface area contributed by atoms with Crippen molar-refractivity contribution in [3.05, 3.63) is 66.2 Å². The molecule has 1 atom stereocenters. The maximum Gasteiger partial charge on any atom is 0.268 e. The number of rotatable bonds is 7. The molecule has 1 fully saturated rings. The number of carbonyl (C=O) groups is 2. The molecule has 0 aromatic heterocycles. The minimum atomic E-state index is -0.629. The van der Waals surface area contributed by atoms with Crippen LogP contribution in [0, 0.1) is 5.92 Å². The zero-order valence-electron chi connectivity index (χ0n) is 21.0. The van der Waals surface area contributed by atoms with Gasteiger partial charge in [-0.3, -0.25) is 9.59 Å². The molecule has 1 unspecified atom stereocenters. The molecule has 5 rings (SSSR count). The van der Waals surface area contributed by atoms with Gasteiger partial charge in [-0.15, -0.1) is 0 Å². The fourth-order valence-electron chi connectivity index (χ4n) is 5.07. The number of likely N-dealkylation sites (tertiary alicyclic amines) is 1. The molecule has 0 saturated carbocycles. The third kappa shape index (κ3) is 4.89. The molecule has 2 aliphatic heterocycles. The van der Waals surface area contributed by atoms with Crippen LogP contribution in [0.2, 0.25) is 5.02 Å². The average Bonchev–Trinajstić information content (AvgIpc) is 2.84. The molecule has 1 saturated heterocycles. The van der Waals surface area contributed by atoms with Crippen molar-refractivity contribution >= 4 is 39.9 Å². The average molecular weight is 520 g/mol. The molecule has 2 aliphatic rings. The number of anilines is 1. The van der Waals surface area contributed by atoms with Crippen LogP contribution in [0.4, 0.5) is 5.69 Å². The number of phenolic OH excluding ortho intramolecular Hbond substituents is 1. The summed E-state index contributed by atoms with van der Waals surface area (Å²) in [7, 11) is 3.92. The van der Waals surface area contributed by atoms with E-state index in [2.05, 4.69) is 6.58 Å². The first-order valence-corrected chi connectivity index (χ1v) is 12.7. The molecule has 0 radical (unpaired) electrons. The number of halogens is 1. The summed E-state index contributed by atoms with van der Waals surface area (Å²) in [6, 6.07) is 14.9. The van der Waals surface area contributed by atoms with Crippen molar-refractivity contribution in [3.8, 4) is 22.6 Å². The first-order valence-electron chi connectivity index (χ1n) is 12.3. The quantitative estimate of drug-likeness (QED) is 0.463. The van der Waals surface area contributed by atoms with Crippen LogP contribution in [0.15, 0.2) is 61.2 Å². The number of amides is 2. The van der Waals surface area contributed by atoms with E-state index in [-0.39, 0.29) is 23.5 Å². The molecule has 3 aromatic rings. The van der Waals surface area contributed by atoms with Gasteiger partial charge in [0.1, 0.15) is 11.5 Å². The second kappa shape index (κ2) is 10.1. The summed E-state index contributed by atoms with van der Waals surface area (Å²) in [6.45, 7) is 5.87. The molecule has 2 amide bonds. The highest BCUT2D eigenvalue weighted by Gasteiger charge is 2.39. The number of ether oxygens (including phenoxy) is 1. The monoisotopic (exact) mass is 519 g/mol. The number of phenols is 1. The maximum absolute atomic E-state index is 13.5.